The van der Waals surface area contributed by atoms with Crippen molar-refractivity contribution in [2.75, 3.05) is 14.1 Å². The monoisotopic (exact) mass is 436 g/mol. The molecule has 0 spiro atoms. The summed E-state index contributed by atoms with van der Waals surface area (Å²) in [5.41, 5.74) is 1.59. The van der Waals surface area contributed by atoms with Crippen LogP contribution in [0.15, 0.2) is 41.4 Å². The zero-order valence-electron chi connectivity index (χ0n) is 16.3. The Labute approximate surface area is 174 Å². The van der Waals surface area contributed by atoms with E-state index in [0.29, 0.717) is 17.9 Å². The van der Waals surface area contributed by atoms with Crippen molar-refractivity contribution in [1.82, 2.24) is 18.8 Å². The summed E-state index contributed by atoms with van der Waals surface area (Å²) in [5, 5.41) is 0.287. The zero-order valence-corrected chi connectivity index (χ0v) is 17.9. The Hall–Kier alpha value is -2.49. The van der Waals surface area contributed by atoms with Crippen LogP contribution >= 0.6 is 11.6 Å². The first kappa shape index (κ1) is 21.2. The van der Waals surface area contributed by atoms with Crippen molar-refractivity contribution in [2.45, 2.75) is 31.4 Å². The number of pyridine rings is 1. The molecule has 2 aromatic heterocycles. The Morgan fingerprint density at radius 3 is 2.62 bits per heavy atom. The van der Waals surface area contributed by atoms with Crippen molar-refractivity contribution in [3.63, 3.8) is 0 Å². The molecule has 0 radical (unpaired) electrons. The number of hydrogen-bond acceptors (Lipinski definition) is 6. The van der Waals surface area contributed by atoms with Gasteiger partial charge in [-0.3, -0.25) is 0 Å². The van der Waals surface area contributed by atoms with E-state index in [-0.39, 0.29) is 22.2 Å². The second-order valence-corrected chi connectivity index (χ2v) is 9.10. The molecule has 3 rings (SSSR count). The minimum atomic E-state index is -3.57. The number of hydrogen-bond donors (Lipinski definition) is 0. The van der Waals surface area contributed by atoms with E-state index in [2.05, 4.69) is 9.97 Å². The Kier molecular flexibility index (Phi) is 6.21. The minimum Gasteiger partial charge on any atom is -0.454 e. The molecule has 0 aliphatic carbocycles. The number of carbonyl (C=O) groups excluding carboxylic acids is 1. The van der Waals surface area contributed by atoms with Crippen LogP contribution < -0.4 is 0 Å². The summed E-state index contributed by atoms with van der Waals surface area (Å²) in [6.45, 7) is 2.63. The molecule has 29 heavy (non-hydrogen) atoms. The van der Waals surface area contributed by atoms with Crippen molar-refractivity contribution in [3.05, 3.63) is 53.1 Å². The Balaban J connectivity index is 1.91. The highest BCUT2D eigenvalue weighted by molar-refractivity contribution is 7.89. The molecule has 0 unspecified atom stereocenters. The summed E-state index contributed by atoms with van der Waals surface area (Å²) in [6, 6.07) is 7.86. The van der Waals surface area contributed by atoms with E-state index in [1.165, 1.54) is 38.5 Å². The lowest BCUT2D eigenvalue weighted by Crippen LogP contribution is -2.22. The highest BCUT2D eigenvalue weighted by Crippen LogP contribution is 2.23. The summed E-state index contributed by atoms with van der Waals surface area (Å²) in [4.78, 5) is 20.8. The maximum absolute atomic E-state index is 12.4. The second-order valence-electron chi connectivity index (χ2n) is 6.56. The molecule has 2 heterocycles. The van der Waals surface area contributed by atoms with Gasteiger partial charge in [0, 0.05) is 26.8 Å². The molecule has 0 fully saturated rings. The average molecular weight is 437 g/mol. The quantitative estimate of drug-likeness (QED) is 0.417. The number of imidazole rings is 1. The van der Waals surface area contributed by atoms with E-state index in [1.807, 2.05) is 11.5 Å². The number of nitrogens with zero attached hydrogens (tertiary/aromatic N) is 4. The van der Waals surface area contributed by atoms with Gasteiger partial charge in [0.1, 0.15) is 17.6 Å². The van der Waals surface area contributed by atoms with Gasteiger partial charge in [-0.2, -0.15) is 0 Å². The first-order valence-corrected chi connectivity index (χ1v) is 10.8. The van der Waals surface area contributed by atoms with Crippen LogP contribution in [0.2, 0.25) is 5.15 Å². The predicted octanol–water partition coefficient (Wildman–Crippen LogP) is 3.10. The summed E-state index contributed by atoms with van der Waals surface area (Å²) >= 11 is 5.73. The fraction of sp³-hybridized carbons (Fsp3) is 0.316. The highest BCUT2D eigenvalue weighted by Gasteiger charge is 2.20. The summed E-state index contributed by atoms with van der Waals surface area (Å²) in [7, 11) is -0.613. The molecule has 0 N–H and O–H groups in total. The van der Waals surface area contributed by atoms with E-state index < -0.39 is 16.0 Å². The number of ether oxygens (including phenoxy) is 1. The van der Waals surface area contributed by atoms with Gasteiger partial charge in [0.25, 0.3) is 0 Å². The van der Waals surface area contributed by atoms with Gasteiger partial charge in [-0.25, -0.2) is 27.5 Å². The molecular weight excluding hydrogens is 416 g/mol. The van der Waals surface area contributed by atoms with Gasteiger partial charge in [-0.05, 0) is 36.8 Å². The lowest BCUT2D eigenvalue weighted by molar-refractivity contribution is 0.0458. The van der Waals surface area contributed by atoms with Crippen molar-refractivity contribution < 1.29 is 17.9 Å². The lowest BCUT2D eigenvalue weighted by Gasteiger charge is -2.11. The molecule has 0 bridgehead atoms. The molecule has 3 aromatic rings. The number of sulfonamides is 1. The second kappa shape index (κ2) is 8.48. The van der Waals surface area contributed by atoms with Crippen LogP contribution in [0.5, 0.6) is 0 Å². The molecule has 0 amide bonds. The molecule has 10 heteroatoms. The summed E-state index contributed by atoms with van der Waals surface area (Å²) < 4.78 is 33.2. The fourth-order valence-electron chi connectivity index (χ4n) is 2.82. The van der Waals surface area contributed by atoms with Crippen LogP contribution in [0.3, 0.4) is 0 Å². The third kappa shape index (κ3) is 4.42. The highest BCUT2D eigenvalue weighted by atomic mass is 35.5. The van der Waals surface area contributed by atoms with E-state index in [0.717, 1.165) is 16.2 Å². The predicted molar refractivity (Wildman–Crippen MR) is 109 cm³/mol. The lowest BCUT2D eigenvalue weighted by atomic mass is 10.3. The van der Waals surface area contributed by atoms with Gasteiger partial charge < -0.3 is 9.30 Å². The number of aryl methyl sites for hydroxylation is 1. The molecule has 0 aliphatic rings. The third-order valence-corrected chi connectivity index (χ3v) is 6.35. The first-order valence-electron chi connectivity index (χ1n) is 8.94. The normalized spacial score (nSPS) is 11.9. The number of fused-ring (bicyclic) bond motifs is 1. The molecule has 0 saturated carbocycles. The largest absolute Gasteiger partial charge is 0.454 e. The number of aromatic nitrogens is 3. The Morgan fingerprint density at radius 2 is 2.00 bits per heavy atom. The standard InChI is InChI=1S/C19H21ClN4O4S/c1-4-9-24-16-7-6-14(29(26,27)23(2)3)10-15(16)22-18(24)12-28-19(25)13-5-8-17(20)21-11-13/h5-8,10-11H,4,9,12H2,1-3H3. The average Bonchev–Trinajstić information content (AvgIpc) is 3.03. The van der Waals surface area contributed by atoms with Crippen molar-refractivity contribution in [1.29, 1.82) is 0 Å². The van der Waals surface area contributed by atoms with Gasteiger partial charge in [0.2, 0.25) is 10.0 Å². The topological polar surface area (TPSA) is 94.4 Å². The van der Waals surface area contributed by atoms with Crippen LogP contribution in [-0.2, 0) is 27.9 Å². The van der Waals surface area contributed by atoms with E-state index in [1.54, 1.807) is 12.1 Å². The van der Waals surface area contributed by atoms with Gasteiger partial charge in [-0.15, -0.1) is 0 Å². The number of carbonyl (C=O) groups is 1. The number of rotatable bonds is 7. The van der Waals surface area contributed by atoms with Crippen molar-refractivity contribution in [2.24, 2.45) is 0 Å². The molecule has 0 saturated heterocycles. The van der Waals surface area contributed by atoms with Crippen LogP contribution in [0.1, 0.15) is 29.5 Å². The van der Waals surface area contributed by atoms with Gasteiger partial charge in [0.05, 0.1) is 21.5 Å². The Bertz CT molecular complexity index is 1140. The number of halogens is 1. The van der Waals surface area contributed by atoms with Gasteiger partial charge >= 0.3 is 5.97 Å². The maximum atomic E-state index is 12.4. The van der Waals surface area contributed by atoms with Crippen LogP contribution in [0.25, 0.3) is 11.0 Å². The van der Waals surface area contributed by atoms with Crippen LogP contribution in [0.4, 0.5) is 0 Å². The van der Waals surface area contributed by atoms with Crippen molar-refractivity contribution in [3.8, 4) is 0 Å². The summed E-state index contributed by atoms with van der Waals surface area (Å²) in [5.74, 6) is -0.00308. The van der Waals surface area contributed by atoms with Crippen LogP contribution in [-0.4, -0.2) is 47.3 Å². The molecule has 154 valence electrons. The number of esters is 1. The molecule has 1 aromatic carbocycles. The number of benzene rings is 1. The molecular formula is C19H21ClN4O4S. The first-order chi connectivity index (χ1) is 13.7. The van der Waals surface area contributed by atoms with Gasteiger partial charge in [0.15, 0.2) is 0 Å². The minimum absolute atomic E-state index is 0.0497. The molecule has 0 atom stereocenters. The van der Waals surface area contributed by atoms with Gasteiger partial charge in [-0.1, -0.05) is 18.5 Å². The van der Waals surface area contributed by atoms with E-state index >= 15 is 0 Å². The third-order valence-electron chi connectivity index (χ3n) is 4.32. The SMILES string of the molecule is CCCn1c(COC(=O)c2ccc(Cl)nc2)nc2cc(S(=O)(=O)N(C)C)ccc21. The smallest absolute Gasteiger partial charge is 0.340 e. The maximum Gasteiger partial charge on any atom is 0.340 e. The van der Waals surface area contributed by atoms with Crippen LogP contribution in [0, 0.1) is 0 Å². The summed E-state index contributed by atoms with van der Waals surface area (Å²) in [6.07, 6.45) is 2.18. The van der Waals surface area contributed by atoms with E-state index in [4.69, 9.17) is 16.3 Å². The fourth-order valence-corrected chi connectivity index (χ4v) is 3.86. The molecule has 0 aliphatic heterocycles. The Morgan fingerprint density at radius 1 is 1.24 bits per heavy atom. The zero-order chi connectivity index (χ0) is 21.2. The van der Waals surface area contributed by atoms with E-state index in [9.17, 15) is 13.2 Å². The molecule has 8 nitrogen and oxygen atoms in total. The van der Waals surface area contributed by atoms with Crippen molar-refractivity contribution >= 4 is 38.6 Å².